The van der Waals surface area contributed by atoms with Gasteiger partial charge in [0.25, 0.3) is 0 Å². The van der Waals surface area contributed by atoms with E-state index < -0.39 is 5.60 Å². The Morgan fingerprint density at radius 2 is 2.27 bits per heavy atom. The van der Waals surface area contributed by atoms with Crippen molar-refractivity contribution in [2.75, 3.05) is 6.54 Å². The zero-order valence-electron chi connectivity index (χ0n) is 13.5. The zero-order valence-corrected chi connectivity index (χ0v) is 13.5. The fourth-order valence-electron chi connectivity index (χ4n) is 4.30. The minimum Gasteiger partial charge on any atom is -0.472 e. The normalized spacial score (nSPS) is 32.4. The Hall–Kier alpha value is -1.29. The first kappa shape index (κ1) is 15.6. The average Bonchev–Trinajstić information content (AvgIpc) is 3.15. The van der Waals surface area contributed by atoms with E-state index in [1.165, 1.54) is 6.42 Å². The number of carbonyl (C=O) groups excluding carboxylic acids is 1. The molecule has 2 heterocycles. The number of hydrogen-bond donors (Lipinski definition) is 1. The van der Waals surface area contributed by atoms with Gasteiger partial charge in [-0.2, -0.15) is 0 Å². The van der Waals surface area contributed by atoms with Gasteiger partial charge in [0.2, 0.25) is 5.91 Å². The van der Waals surface area contributed by atoms with Gasteiger partial charge in [-0.1, -0.05) is 12.8 Å². The molecule has 1 aromatic rings. The number of aliphatic hydroxyl groups is 1. The topological polar surface area (TPSA) is 53.7 Å². The molecule has 3 atom stereocenters. The van der Waals surface area contributed by atoms with E-state index in [4.69, 9.17) is 4.42 Å². The highest BCUT2D eigenvalue weighted by atomic mass is 16.3. The van der Waals surface area contributed by atoms with E-state index in [9.17, 15) is 9.90 Å². The van der Waals surface area contributed by atoms with E-state index in [-0.39, 0.29) is 17.9 Å². The number of carbonyl (C=O) groups is 1. The Kier molecular flexibility index (Phi) is 4.57. The van der Waals surface area contributed by atoms with Crippen molar-refractivity contribution in [1.29, 1.82) is 0 Å². The molecule has 1 aromatic heterocycles. The second kappa shape index (κ2) is 6.45. The highest BCUT2D eigenvalue weighted by molar-refractivity contribution is 5.77. The second-order valence-corrected chi connectivity index (χ2v) is 7.14. The number of nitrogens with zero attached hydrogens (tertiary/aromatic N) is 1. The molecule has 0 radical (unpaired) electrons. The molecule has 122 valence electrons. The molecule has 22 heavy (non-hydrogen) atoms. The third-order valence-electron chi connectivity index (χ3n) is 5.54. The van der Waals surface area contributed by atoms with Gasteiger partial charge in [-0.15, -0.1) is 0 Å². The lowest BCUT2D eigenvalue weighted by Crippen LogP contribution is -2.50. The van der Waals surface area contributed by atoms with Crippen molar-refractivity contribution in [3.05, 3.63) is 24.2 Å². The Labute approximate surface area is 132 Å². The molecule has 1 aliphatic heterocycles. The summed E-state index contributed by atoms with van der Waals surface area (Å²) in [5.74, 6) is 0.465. The first-order valence-electron chi connectivity index (χ1n) is 8.61. The van der Waals surface area contributed by atoms with E-state index in [2.05, 4.69) is 0 Å². The summed E-state index contributed by atoms with van der Waals surface area (Å²) in [6, 6.07) is 2.15. The van der Waals surface area contributed by atoms with Gasteiger partial charge in [0.1, 0.15) is 0 Å². The van der Waals surface area contributed by atoms with Crippen molar-refractivity contribution in [3.63, 3.8) is 0 Å². The molecule has 1 amide bonds. The summed E-state index contributed by atoms with van der Waals surface area (Å²) >= 11 is 0. The van der Waals surface area contributed by atoms with Gasteiger partial charge in [0.05, 0.1) is 18.1 Å². The maximum Gasteiger partial charge on any atom is 0.223 e. The van der Waals surface area contributed by atoms with E-state index >= 15 is 0 Å². The van der Waals surface area contributed by atoms with Gasteiger partial charge in [-0.3, -0.25) is 4.79 Å². The molecule has 1 saturated heterocycles. The summed E-state index contributed by atoms with van der Waals surface area (Å²) in [7, 11) is 0. The smallest absolute Gasteiger partial charge is 0.223 e. The van der Waals surface area contributed by atoms with Crippen LogP contribution in [0.4, 0.5) is 0 Å². The molecule has 4 heteroatoms. The van der Waals surface area contributed by atoms with E-state index in [1.807, 2.05) is 17.9 Å². The molecule has 1 N–H and O–H groups in total. The lowest BCUT2D eigenvalue weighted by molar-refractivity contribution is -0.136. The lowest BCUT2D eigenvalue weighted by atomic mass is 9.72. The minimum absolute atomic E-state index is 0.227. The summed E-state index contributed by atoms with van der Waals surface area (Å²) < 4.78 is 5.06. The first-order chi connectivity index (χ1) is 10.6. The largest absolute Gasteiger partial charge is 0.472 e. The number of likely N-dealkylation sites (tertiary alicyclic amines) is 1. The molecule has 3 rings (SSSR count). The van der Waals surface area contributed by atoms with Crippen LogP contribution in [0.2, 0.25) is 0 Å². The van der Waals surface area contributed by atoms with Gasteiger partial charge < -0.3 is 14.4 Å². The summed E-state index contributed by atoms with van der Waals surface area (Å²) in [6.45, 7) is 2.81. The standard InChI is InChI=1S/C18H27NO3/c1-18(21)10-3-2-5-15(18)16-6-4-11-19(16)17(20)8-7-14-9-12-22-13-14/h9,12-13,15-16,21H,2-8,10-11H2,1H3/t15-,16-,18-/m0/s1. The molecule has 1 saturated carbocycles. The van der Waals surface area contributed by atoms with Crippen LogP contribution in [0.3, 0.4) is 0 Å². The molecule has 2 fully saturated rings. The quantitative estimate of drug-likeness (QED) is 0.929. The average molecular weight is 305 g/mol. The summed E-state index contributed by atoms with van der Waals surface area (Å²) in [6.07, 6.45) is 10.9. The number of amides is 1. The molecular formula is C18H27NO3. The minimum atomic E-state index is -0.615. The van der Waals surface area contributed by atoms with Crippen LogP contribution >= 0.6 is 0 Å². The van der Waals surface area contributed by atoms with Crippen LogP contribution in [0.1, 0.15) is 57.4 Å². The van der Waals surface area contributed by atoms with Crippen LogP contribution in [-0.2, 0) is 11.2 Å². The molecule has 0 bridgehead atoms. The fourth-order valence-corrected chi connectivity index (χ4v) is 4.30. The number of aryl methyl sites for hydroxylation is 1. The van der Waals surface area contributed by atoms with Crippen molar-refractivity contribution in [3.8, 4) is 0 Å². The van der Waals surface area contributed by atoms with Crippen LogP contribution < -0.4 is 0 Å². The van der Waals surface area contributed by atoms with Gasteiger partial charge in [-0.25, -0.2) is 0 Å². The fraction of sp³-hybridized carbons (Fsp3) is 0.722. The van der Waals surface area contributed by atoms with Crippen molar-refractivity contribution in [1.82, 2.24) is 4.90 Å². The van der Waals surface area contributed by atoms with Gasteiger partial charge >= 0.3 is 0 Å². The van der Waals surface area contributed by atoms with Crippen molar-refractivity contribution >= 4 is 5.91 Å². The van der Waals surface area contributed by atoms with E-state index in [1.54, 1.807) is 12.5 Å². The van der Waals surface area contributed by atoms with Crippen molar-refractivity contribution in [2.45, 2.75) is 69.9 Å². The molecule has 0 aromatic carbocycles. The summed E-state index contributed by atoms with van der Waals surface area (Å²) in [4.78, 5) is 14.7. The second-order valence-electron chi connectivity index (χ2n) is 7.14. The SMILES string of the molecule is C[C@]1(O)CCCC[C@H]1[C@@H]1CCCN1C(=O)CCc1ccoc1. The van der Waals surface area contributed by atoms with Gasteiger partial charge in [0, 0.05) is 24.9 Å². The third kappa shape index (κ3) is 3.22. The maximum atomic E-state index is 12.6. The lowest BCUT2D eigenvalue weighted by Gasteiger charge is -2.43. The highest BCUT2D eigenvalue weighted by Gasteiger charge is 2.44. The summed E-state index contributed by atoms with van der Waals surface area (Å²) in [5.41, 5.74) is 0.463. The zero-order chi connectivity index (χ0) is 15.6. The highest BCUT2D eigenvalue weighted by Crippen LogP contribution is 2.40. The van der Waals surface area contributed by atoms with Crippen molar-refractivity contribution in [2.24, 2.45) is 5.92 Å². The Morgan fingerprint density at radius 3 is 3.00 bits per heavy atom. The monoisotopic (exact) mass is 305 g/mol. The van der Waals surface area contributed by atoms with E-state index in [0.717, 1.165) is 50.6 Å². The maximum absolute atomic E-state index is 12.6. The Balaban J connectivity index is 1.63. The van der Waals surface area contributed by atoms with Crippen LogP contribution in [0.15, 0.2) is 23.0 Å². The van der Waals surface area contributed by atoms with Crippen LogP contribution in [0.25, 0.3) is 0 Å². The predicted molar refractivity (Wildman–Crippen MR) is 84.3 cm³/mol. The molecular weight excluding hydrogens is 278 g/mol. The predicted octanol–water partition coefficient (Wildman–Crippen LogP) is 3.14. The molecule has 1 aliphatic carbocycles. The third-order valence-corrected chi connectivity index (χ3v) is 5.54. The van der Waals surface area contributed by atoms with Crippen molar-refractivity contribution < 1.29 is 14.3 Å². The molecule has 4 nitrogen and oxygen atoms in total. The van der Waals surface area contributed by atoms with Crippen LogP contribution in [-0.4, -0.2) is 34.1 Å². The molecule has 2 aliphatic rings. The number of hydrogen-bond acceptors (Lipinski definition) is 3. The number of furan rings is 1. The van der Waals surface area contributed by atoms with Gasteiger partial charge in [-0.05, 0) is 50.7 Å². The first-order valence-corrected chi connectivity index (χ1v) is 8.61. The molecule has 0 unspecified atom stereocenters. The van der Waals surface area contributed by atoms with Gasteiger partial charge in [0.15, 0.2) is 0 Å². The molecule has 0 spiro atoms. The number of rotatable bonds is 4. The van der Waals surface area contributed by atoms with Crippen LogP contribution in [0.5, 0.6) is 0 Å². The van der Waals surface area contributed by atoms with Crippen LogP contribution in [0, 0.1) is 5.92 Å². The summed E-state index contributed by atoms with van der Waals surface area (Å²) in [5, 5.41) is 10.7. The Morgan fingerprint density at radius 1 is 1.41 bits per heavy atom. The Bertz CT molecular complexity index is 494. The van der Waals surface area contributed by atoms with E-state index in [0.29, 0.717) is 6.42 Å².